The SMILES string of the molecule is Cc1cccc(-c2n[nH]c(C3CCCCC3)n2)c1C. The first-order valence-corrected chi connectivity index (χ1v) is 7.24. The maximum Gasteiger partial charge on any atom is 0.181 e. The van der Waals surface area contributed by atoms with E-state index in [-0.39, 0.29) is 0 Å². The third-order valence-corrected chi connectivity index (χ3v) is 4.34. The Morgan fingerprint density at radius 3 is 2.68 bits per heavy atom. The van der Waals surface area contributed by atoms with Crippen molar-refractivity contribution in [3.05, 3.63) is 35.2 Å². The fourth-order valence-electron chi connectivity index (χ4n) is 2.95. The van der Waals surface area contributed by atoms with Crippen LogP contribution in [-0.4, -0.2) is 15.2 Å². The summed E-state index contributed by atoms with van der Waals surface area (Å²) < 4.78 is 0. The minimum atomic E-state index is 0.583. The van der Waals surface area contributed by atoms with E-state index in [0.29, 0.717) is 5.92 Å². The topological polar surface area (TPSA) is 41.6 Å². The Bertz CT molecular complexity index is 565. The van der Waals surface area contributed by atoms with Gasteiger partial charge in [-0.15, -0.1) is 0 Å². The van der Waals surface area contributed by atoms with Crippen molar-refractivity contribution in [2.45, 2.75) is 51.9 Å². The molecule has 1 aliphatic rings. The van der Waals surface area contributed by atoms with E-state index in [2.05, 4.69) is 42.2 Å². The van der Waals surface area contributed by atoms with Crippen LogP contribution in [-0.2, 0) is 0 Å². The highest BCUT2D eigenvalue weighted by molar-refractivity contribution is 5.61. The van der Waals surface area contributed by atoms with Gasteiger partial charge in [-0.2, -0.15) is 5.10 Å². The first-order chi connectivity index (χ1) is 9.25. The largest absolute Gasteiger partial charge is 0.262 e. The summed E-state index contributed by atoms with van der Waals surface area (Å²) in [6, 6.07) is 6.32. The van der Waals surface area contributed by atoms with Crippen LogP contribution in [0.15, 0.2) is 18.2 Å². The van der Waals surface area contributed by atoms with Gasteiger partial charge in [-0.25, -0.2) is 4.98 Å². The van der Waals surface area contributed by atoms with Crippen LogP contribution < -0.4 is 0 Å². The van der Waals surface area contributed by atoms with E-state index in [1.165, 1.54) is 43.2 Å². The predicted molar refractivity (Wildman–Crippen MR) is 77.1 cm³/mol. The zero-order valence-electron chi connectivity index (χ0n) is 11.7. The van der Waals surface area contributed by atoms with Crippen LogP contribution in [0.3, 0.4) is 0 Å². The summed E-state index contributed by atoms with van der Waals surface area (Å²) in [5, 5.41) is 7.59. The second-order valence-corrected chi connectivity index (χ2v) is 5.63. The summed E-state index contributed by atoms with van der Waals surface area (Å²) >= 11 is 0. The molecular formula is C16H21N3. The molecule has 3 heteroatoms. The molecule has 3 rings (SSSR count). The Kier molecular flexibility index (Phi) is 3.36. The molecule has 1 saturated carbocycles. The van der Waals surface area contributed by atoms with Crippen molar-refractivity contribution in [3.8, 4) is 11.4 Å². The van der Waals surface area contributed by atoms with E-state index in [1.807, 2.05) is 0 Å². The number of aromatic nitrogens is 3. The molecule has 19 heavy (non-hydrogen) atoms. The number of aromatic amines is 1. The molecular weight excluding hydrogens is 234 g/mol. The number of benzene rings is 1. The monoisotopic (exact) mass is 255 g/mol. The summed E-state index contributed by atoms with van der Waals surface area (Å²) in [6.45, 7) is 4.27. The van der Waals surface area contributed by atoms with E-state index in [4.69, 9.17) is 4.98 Å². The minimum Gasteiger partial charge on any atom is -0.262 e. The van der Waals surface area contributed by atoms with Crippen molar-refractivity contribution < 1.29 is 0 Å². The smallest absolute Gasteiger partial charge is 0.181 e. The number of nitrogens with zero attached hydrogens (tertiary/aromatic N) is 2. The minimum absolute atomic E-state index is 0.583. The second kappa shape index (κ2) is 5.16. The van der Waals surface area contributed by atoms with E-state index >= 15 is 0 Å². The second-order valence-electron chi connectivity index (χ2n) is 5.63. The van der Waals surface area contributed by atoms with Gasteiger partial charge in [-0.3, -0.25) is 5.10 Å². The average molecular weight is 255 g/mol. The summed E-state index contributed by atoms with van der Waals surface area (Å²) in [4.78, 5) is 4.74. The van der Waals surface area contributed by atoms with E-state index in [9.17, 15) is 0 Å². The molecule has 2 aromatic rings. The number of H-pyrrole nitrogens is 1. The van der Waals surface area contributed by atoms with Crippen molar-refractivity contribution in [3.63, 3.8) is 0 Å². The lowest BCUT2D eigenvalue weighted by Crippen LogP contribution is -2.06. The fourth-order valence-corrected chi connectivity index (χ4v) is 2.95. The lowest BCUT2D eigenvalue weighted by Gasteiger charge is -2.18. The molecule has 0 saturated heterocycles. The predicted octanol–water partition coefficient (Wildman–Crippen LogP) is 4.14. The number of hydrogen-bond donors (Lipinski definition) is 1. The molecule has 1 N–H and O–H groups in total. The molecule has 0 bridgehead atoms. The van der Waals surface area contributed by atoms with Crippen molar-refractivity contribution in [1.82, 2.24) is 15.2 Å². The molecule has 1 aliphatic carbocycles. The Labute approximate surface area is 114 Å². The maximum atomic E-state index is 4.74. The van der Waals surface area contributed by atoms with Gasteiger partial charge in [0.1, 0.15) is 5.82 Å². The molecule has 1 heterocycles. The van der Waals surface area contributed by atoms with Crippen LogP contribution >= 0.6 is 0 Å². The van der Waals surface area contributed by atoms with Crippen molar-refractivity contribution >= 4 is 0 Å². The quantitative estimate of drug-likeness (QED) is 0.876. The molecule has 0 aliphatic heterocycles. The van der Waals surface area contributed by atoms with Gasteiger partial charge in [-0.05, 0) is 37.8 Å². The third kappa shape index (κ3) is 2.42. The van der Waals surface area contributed by atoms with Crippen molar-refractivity contribution in [2.75, 3.05) is 0 Å². The van der Waals surface area contributed by atoms with E-state index in [1.54, 1.807) is 0 Å². The van der Waals surface area contributed by atoms with Gasteiger partial charge in [0.25, 0.3) is 0 Å². The molecule has 100 valence electrons. The summed E-state index contributed by atoms with van der Waals surface area (Å²) in [5.74, 6) is 2.51. The van der Waals surface area contributed by atoms with Crippen LogP contribution in [0.2, 0.25) is 0 Å². The number of nitrogens with one attached hydrogen (secondary N) is 1. The maximum absolute atomic E-state index is 4.74. The van der Waals surface area contributed by atoms with Crippen LogP contribution in [0.5, 0.6) is 0 Å². The van der Waals surface area contributed by atoms with Gasteiger partial charge < -0.3 is 0 Å². The highest BCUT2D eigenvalue weighted by Gasteiger charge is 2.19. The Morgan fingerprint density at radius 2 is 1.89 bits per heavy atom. The molecule has 0 unspecified atom stereocenters. The van der Waals surface area contributed by atoms with Crippen LogP contribution in [0.1, 0.15) is 55.0 Å². The lowest BCUT2D eigenvalue weighted by molar-refractivity contribution is 0.429. The molecule has 1 fully saturated rings. The Balaban J connectivity index is 1.90. The van der Waals surface area contributed by atoms with Crippen LogP contribution in [0, 0.1) is 13.8 Å². The standard InChI is InChI=1S/C16H21N3/c1-11-7-6-10-14(12(11)2)16-17-15(18-19-16)13-8-4-3-5-9-13/h6-7,10,13H,3-5,8-9H2,1-2H3,(H,17,18,19). The Hall–Kier alpha value is -1.64. The van der Waals surface area contributed by atoms with Crippen molar-refractivity contribution in [1.29, 1.82) is 0 Å². The molecule has 0 spiro atoms. The zero-order valence-corrected chi connectivity index (χ0v) is 11.7. The lowest BCUT2D eigenvalue weighted by atomic mass is 9.89. The molecule has 1 aromatic carbocycles. The van der Waals surface area contributed by atoms with Crippen LogP contribution in [0.25, 0.3) is 11.4 Å². The van der Waals surface area contributed by atoms with Crippen molar-refractivity contribution in [2.24, 2.45) is 0 Å². The normalized spacial score (nSPS) is 16.7. The number of rotatable bonds is 2. The van der Waals surface area contributed by atoms with E-state index < -0.39 is 0 Å². The molecule has 0 atom stereocenters. The Morgan fingerprint density at radius 1 is 1.11 bits per heavy atom. The molecule has 0 amide bonds. The molecule has 3 nitrogen and oxygen atoms in total. The highest BCUT2D eigenvalue weighted by atomic mass is 15.2. The average Bonchev–Trinajstić information content (AvgIpc) is 2.92. The highest BCUT2D eigenvalue weighted by Crippen LogP contribution is 2.31. The summed E-state index contributed by atoms with van der Waals surface area (Å²) in [6.07, 6.45) is 6.52. The zero-order chi connectivity index (χ0) is 13.2. The third-order valence-electron chi connectivity index (χ3n) is 4.34. The number of aryl methyl sites for hydroxylation is 1. The number of hydrogen-bond acceptors (Lipinski definition) is 2. The van der Waals surface area contributed by atoms with Gasteiger partial charge in [0.2, 0.25) is 0 Å². The van der Waals surface area contributed by atoms with Gasteiger partial charge in [-0.1, -0.05) is 37.5 Å². The summed E-state index contributed by atoms with van der Waals surface area (Å²) in [7, 11) is 0. The van der Waals surface area contributed by atoms with Crippen LogP contribution in [0.4, 0.5) is 0 Å². The molecule has 1 aromatic heterocycles. The van der Waals surface area contributed by atoms with Gasteiger partial charge in [0.15, 0.2) is 5.82 Å². The molecule has 0 radical (unpaired) electrons. The fraction of sp³-hybridized carbons (Fsp3) is 0.500. The first-order valence-electron chi connectivity index (χ1n) is 7.24. The van der Waals surface area contributed by atoms with Gasteiger partial charge >= 0.3 is 0 Å². The van der Waals surface area contributed by atoms with E-state index in [0.717, 1.165) is 17.2 Å². The summed E-state index contributed by atoms with van der Waals surface area (Å²) in [5.41, 5.74) is 3.72. The van der Waals surface area contributed by atoms with Gasteiger partial charge in [0, 0.05) is 11.5 Å². The first kappa shape index (κ1) is 12.4. The van der Waals surface area contributed by atoms with Gasteiger partial charge in [0.05, 0.1) is 0 Å².